The van der Waals surface area contributed by atoms with Crippen molar-refractivity contribution in [3.63, 3.8) is 0 Å². The summed E-state index contributed by atoms with van der Waals surface area (Å²) >= 11 is 0. The van der Waals surface area contributed by atoms with Crippen LogP contribution in [0.25, 0.3) is 6.08 Å². The Kier molecular flexibility index (Phi) is 4.81. The zero-order valence-electron chi connectivity index (χ0n) is 15.1. The van der Waals surface area contributed by atoms with Crippen molar-refractivity contribution in [3.8, 4) is 0 Å². The van der Waals surface area contributed by atoms with Gasteiger partial charge in [-0.3, -0.25) is 9.69 Å². The first-order valence-corrected chi connectivity index (χ1v) is 9.15. The summed E-state index contributed by atoms with van der Waals surface area (Å²) in [6.07, 6.45) is 3.52. The minimum Gasteiger partial charge on any atom is -0.369 e. The summed E-state index contributed by atoms with van der Waals surface area (Å²) in [4.78, 5) is 27.6. The molecule has 2 aliphatic heterocycles. The molecule has 2 aromatic carbocycles. The molecule has 5 nitrogen and oxygen atoms in total. The fourth-order valence-corrected chi connectivity index (χ4v) is 3.51. The van der Waals surface area contributed by atoms with Gasteiger partial charge in [-0.25, -0.2) is 13.6 Å². The zero-order chi connectivity index (χ0) is 19.7. The number of imide groups is 1. The molecule has 0 aliphatic carbocycles. The van der Waals surface area contributed by atoms with Gasteiger partial charge in [0, 0.05) is 18.7 Å². The van der Waals surface area contributed by atoms with E-state index in [1.807, 2.05) is 4.90 Å². The lowest BCUT2D eigenvalue weighted by Crippen LogP contribution is -2.30. The van der Waals surface area contributed by atoms with Crippen molar-refractivity contribution in [1.82, 2.24) is 10.2 Å². The van der Waals surface area contributed by atoms with E-state index in [2.05, 4.69) is 5.32 Å². The van der Waals surface area contributed by atoms with Crippen LogP contribution in [0.5, 0.6) is 0 Å². The Hall–Kier alpha value is -3.22. The van der Waals surface area contributed by atoms with Gasteiger partial charge in [-0.05, 0) is 42.7 Å². The first kappa shape index (κ1) is 18.2. The van der Waals surface area contributed by atoms with Crippen molar-refractivity contribution in [2.75, 3.05) is 18.0 Å². The average Bonchev–Trinajstić information content (AvgIpc) is 3.28. The summed E-state index contributed by atoms with van der Waals surface area (Å²) in [6.45, 7) is 1.49. The number of amides is 3. The number of urea groups is 1. The van der Waals surface area contributed by atoms with Gasteiger partial charge in [-0.2, -0.15) is 0 Å². The Bertz CT molecular complexity index is 968. The fourth-order valence-electron chi connectivity index (χ4n) is 3.51. The highest BCUT2D eigenvalue weighted by molar-refractivity contribution is 6.13. The summed E-state index contributed by atoms with van der Waals surface area (Å²) in [5.74, 6) is -1.42. The van der Waals surface area contributed by atoms with Gasteiger partial charge >= 0.3 is 6.03 Å². The molecule has 2 aromatic rings. The molecule has 0 radical (unpaired) electrons. The van der Waals surface area contributed by atoms with Crippen LogP contribution in [0.2, 0.25) is 0 Å². The number of nitrogens with one attached hydrogen (secondary N) is 1. The SMILES string of the molecule is O=C1N/C(=C/c2ccc(N3CCCC3)c(F)c2)C(=O)N1Cc1ccccc1F. The molecular formula is C21H19F2N3O2. The highest BCUT2D eigenvalue weighted by Crippen LogP contribution is 2.26. The van der Waals surface area contributed by atoms with Gasteiger partial charge in [0.25, 0.3) is 5.91 Å². The molecular weight excluding hydrogens is 364 g/mol. The molecule has 0 unspecified atom stereocenters. The minimum absolute atomic E-state index is 0.0367. The van der Waals surface area contributed by atoms with Gasteiger partial charge in [-0.15, -0.1) is 0 Å². The Morgan fingerprint density at radius 2 is 1.75 bits per heavy atom. The van der Waals surface area contributed by atoms with Gasteiger partial charge in [0.1, 0.15) is 17.3 Å². The average molecular weight is 383 g/mol. The van der Waals surface area contributed by atoms with E-state index < -0.39 is 17.8 Å². The van der Waals surface area contributed by atoms with E-state index in [1.165, 1.54) is 30.3 Å². The van der Waals surface area contributed by atoms with E-state index in [9.17, 15) is 18.4 Å². The molecule has 0 aromatic heterocycles. The highest BCUT2D eigenvalue weighted by Gasteiger charge is 2.34. The Morgan fingerprint density at radius 3 is 2.46 bits per heavy atom. The van der Waals surface area contributed by atoms with Crippen LogP contribution in [-0.2, 0) is 11.3 Å². The Morgan fingerprint density at radius 1 is 1.00 bits per heavy atom. The molecule has 0 saturated carbocycles. The maximum atomic E-state index is 14.5. The zero-order valence-corrected chi connectivity index (χ0v) is 15.1. The fraction of sp³-hybridized carbons (Fsp3) is 0.238. The molecule has 3 amide bonds. The molecule has 28 heavy (non-hydrogen) atoms. The Balaban J connectivity index is 1.54. The smallest absolute Gasteiger partial charge is 0.329 e. The maximum Gasteiger partial charge on any atom is 0.329 e. The van der Waals surface area contributed by atoms with Crippen molar-refractivity contribution >= 4 is 23.7 Å². The topological polar surface area (TPSA) is 52.7 Å². The van der Waals surface area contributed by atoms with Crippen molar-refractivity contribution in [1.29, 1.82) is 0 Å². The second-order valence-electron chi connectivity index (χ2n) is 6.88. The van der Waals surface area contributed by atoms with Crippen LogP contribution < -0.4 is 10.2 Å². The van der Waals surface area contributed by atoms with E-state index >= 15 is 0 Å². The number of hydrogen-bond acceptors (Lipinski definition) is 3. The Labute approximate surface area is 161 Å². The lowest BCUT2D eigenvalue weighted by molar-refractivity contribution is -0.123. The molecule has 0 atom stereocenters. The van der Waals surface area contributed by atoms with Crippen molar-refractivity contribution in [2.45, 2.75) is 19.4 Å². The number of carbonyl (C=O) groups excluding carboxylic acids is 2. The predicted molar refractivity (Wildman–Crippen MR) is 101 cm³/mol. The number of hydrogen-bond donors (Lipinski definition) is 1. The van der Waals surface area contributed by atoms with Crippen LogP contribution >= 0.6 is 0 Å². The second-order valence-corrected chi connectivity index (χ2v) is 6.88. The molecule has 2 heterocycles. The molecule has 0 bridgehead atoms. The van der Waals surface area contributed by atoms with Crippen LogP contribution in [0.1, 0.15) is 24.0 Å². The normalized spacial score (nSPS) is 18.3. The predicted octanol–water partition coefficient (Wildman–Crippen LogP) is 3.66. The number of nitrogens with zero attached hydrogens (tertiary/aromatic N) is 2. The van der Waals surface area contributed by atoms with Crippen LogP contribution in [0.3, 0.4) is 0 Å². The van der Waals surface area contributed by atoms with E-state index in [4.69, 9.17) is 0 Å². The minimum atomic E-state index is -0.631. The van der Waals surface area contributed by atoms with Crippen LogP contribution in [0.15, 0.2) is 48.2 Å². The number of benzene rings is 2. The molecule has 1 N–H and O–H groups in total. The van der Waals surface area contributed by atoms with Crippen LogP contribution in [-0.4, -0.2) is 29.9 Å². The molecule has 7 heteroatoms. The largest absolute Gasteiger partial charge is 0.369 e. The van der Waals surface area contributed by atoms with E-state index in [1.54, 1.807) is 18.2 Å². The number of rotatable bonds is 4. The maximum absolute atomic E-state index is 14.5. The van der Waals surface area contributed by atoms with Crippen molar-refractivity contribution in [2.24, 2.45) is 0 Å². The molecule has 2 aliphatic rings. The van der Waals surface area contributed by atoms with Crippen LogP contribution in [0.4, 0.5) is 19.3 Å². The first-order chi connectivity index (χ1) is 13.5. The van der Waals surface area contributed by atoms with E-state index in [0.29, 0.717) is 11.3 Å². The monoisotopic (exact) mass is 383 g/mol. The third kappa shape index (κ3) is 3.47. The van der Waals surface area contributed by atoms with E-state index in [-0.39, 0.29) is 23.6 Å². The summed E-state index contributed by atoms with van der Waals surface area (Å²) in [5, 5.41) is 2.47. The third-order valence-corrected chi connectivity index (χ3v) is 4.98. The lowest BCUT2D eigenvalue weighted by Gasteiger charge is -2.18. The van der Waals surface area contributed by atoms with Gasteiger partial charge in [0.2, 0.25) is 0 Å². The number of halogens is 2. The van der Waals surface area contributed by atoms with Gasteiger partial charge < -0.3 is 10.2 Å². The molecule has 4 rings (SSSR count). The lowest BCUT2D eigenvalue weighted by atomic mass is 10.1. The van der Waals surface area contributed by atoms with E-state index in [0.717, 1.165) is 30.8 Å². The standard InChI is InChI=1S/C21H19F2N3O2/c22-16-6-2-1-5-15(16)13-26-20(27)18(24-21(26)28)12-14-7-8-19(17(23)11-14)25-9-3-4-10-25/h1-2,5-8,11-12H,3-4,9-10,13H2,(H,24,28)/b18-12+. The summed E-state index contributed by atoms with van der Waals surface area (Å²) in [7, 11) is 0. The molecule has 144 valence electrons. The highest BCUT2D eigenvalue weighted by atomic mass is 19.1. The number of anilines is 1. The van der Waals surface area contributed by atoms with Gasteiger partial charge in [-0.1, -0.05) is 24.3 Å². The molecule has 0 spiro atoms. The van der Waals surface area contributed by atoms with Crippen molar-refractivity contribution < 1.29 is 18.4 Å². The summed E-state index contributed by atoms with van der Waals surface area (Å²) < 4.78 is 28.3. The van der Waals surface area contributed by atoms with Crippen molar-refractivity contribution in [3.05, 3.63) is 70.9 Å². The van der Waals surface area contributed by atoms with Gasteiger partial charge in [0.05, 0.1) is 12.2 Å². The van der Waals surface area contributed by atoms with Crippen LogP contribution in [0, 0.1) is 11.6 Å². The summed E-state index contributed by atoms with van der Waals surface area (Å²) in [5.41, 5.74) is 1.29. The number of carbonyl (C=O) groups is 2. The summed E-state index contributed by atoms with van der Waals surface area (Å²) in [6, 6.07) is 10.1. The molecule has 2 saturated heterocycles. The first-order valence-electron chi connectivity index (χ1n) is 9.15. The second kappa shape index (κ2) is 7.42. The quantitative estimate of drug-likeness (QED) is 0.648. The van der Waals surface area contributed by atoms with Gasteiger partial charge in [0.15, 0.2) is 0 Å². The third-order valence-electron chi connectivity index (χ3n) is 4.98. The molecule has 2 fully saturated rings.